The van der Waals surface area contributed by atoms with Crippen molar-refractivity contribution < 1.29 is 15.0 Å². The lowest BCUT2D eigenvalue weighted by molar-refractivity contribution is -0.123. The minimum Gasteiger partial charge on any atom is -0.394 e. The van der Waals surface area contributed by atoms with E-state index in [1.807, 2.05) is 13.0 Å². The number of hydrogen-bond acceptors (Lipinski definition) is 3. The van der Waals surface area contributed by atoms with Crippen molar-refractivity contribution in [3.8, 4) is 0 Å². The molecule has 0 bridgehead atoms. The molecule has 4 heteroatoms. The van der Waals surface area contributed by atoms with Crippen molar-refractivity contribution in [1.82, 2.24) is 5.32 Å². The van der Waals surface area contributed by atoms with Crippen molar-refractivity contribution in [2.45, 2.75) is 257 Å². The molecule has 0 rings (SSSR count). The summed E-state index contributed by atoms with van der Waals surface area (Å²) < 4.78 is 0. The highest BCUT2D eigenvalue weighted by Crippen LogP contribution is 2.16. The molecule has 0 saturated carbocycles. The van der Waals surface area contributed by atoms with Crippen LogP contribution in [0.2, 0.25) is 0 Å². The molecule has 0 aliphatic rings. The van der Waals surface area contributed by atoms with Crippen LogP contribution in [0, 0.1) is 0 Å². The Labute approximate surface area is 337 Å². The van der Waals surface area contributed by atoms with E-state index in [9.17, 15) is 15.0 Å². The predicted octanol–water partition coefficient (Wildman–Crippen LogP) is 15.1. The van der Waals surface area contributed by atoms with Gasteiger partial charge >= 0.3 is 0 Å². The van der Waals surface area contributed by atoms with Gasteiger partial charge < -0.3 is 15.5 Å². The Bertz CT molecular complexity index is 862. The number of aliphatic hydroxyl groups excluding tert-OH is 2. The number of amides is 1. The summed E-state index contributed by atoms with van der Waals surface area (Å²) in [4.78, 5) is 12.3. The van der Waals surface area contributed by atoms with Crippen molar-refractivity contribution in [1.29, 1.82) is 0 Å². The Hall–Kier alpha value is -1.65. The van der Waals surface area contributed by atoms with Gasteiger partial charge in [-0.2, -0.15) is 0 Å². The quantitative estimate of drug-likeness (QED) is 0.0429. The fourth-order valence-corrected chi connectivity index (χ4v) is 7.21. The van der Waals surface area contributed by atoms with E-state index < -0.39 is 12.1 Å². The van der Waals surface area contributed by atoms with E-state index in [0.717, 1.165) is 38.5 Å². The summed E-state index contributed by atoms with van der Waals surface area (Å²) in [7, 11) is 0. The average molecular weight is 756 g/mol. The number of allylic oxidation sites excluding steroid dienone is 7. The lowest BCUT2D eigenvalue weighted by Crippen LogP contribution is -2.45. The second-order valence-electron chi connectivity index (χ2n) is 16.2. The van der Waals surface area contributed by atoms with Crippen molar-refractivity contribution >= 4 is 5.91 Å². The smallest absolute Gasteiger partial charge is 0.220 e. The molecule has 0 aliphatic carbocycles. The van der Waals surface area contributed by atoms with Crippen LogP contribution in [0.3, 0.4) is 0 Å². The third kappa shape index (κ3) is 41.5. The van der Waals surface area contributed by atoms with Crippen LogP contribution in [0.5, 0.6) is 0 Å². The zero-order valence-corrected chi connectivity index (χ0v) is 36.2. The highest BCUT2D eigenvalue weighted by Gasteiger charge is 2.17. The monoisotopic (exact) mass is 756 g/mol. The number of hydrogen-bond donors (Lipinski definition) is 3. The summed E-state index contributed by atoms with van der Waals surface area (Å²) in [5, 5.41) is 22.8. The van der Waals surface area contributed by atoms with E-state index >= 15 is 0 Å². The van der Waals surface area contributed by atoms with Crippen LogP contribution in [0.4, 0.5) is 0 Å². The van der Waals surface area contributed by atoms with Crippen LogP contribution >= 0.6 is 0 Å². The molecular weight excluding hydrogens is 663 g/mol. The highest BCUT2D eigenvalue weighted by atomic mass is 16.3. The van der Waals surface area contributed by atoms with Gasteiger partial charge in [-0.25, -0.2) is 0 Å². The molecule has 4 nitrogen and oxygen atoms in total. The van der Waals surface area contributed by atoms with Gasteiger partial charge in [0.25, 0.3) is 0 Å². The molecule has 0 aromatic heterocycles. The highest BCUT2D eigenvalue weighted by molar-refractivity contribution is 5.76. The van der Waals surface area contributed by atoms with E-state index in [1.165, 1.54) is 186 Å². The van der Waals surface area contributed by atoms with Gasteiger partial charge in [0.1, 0.15) is 0 Å². The van der Waals surface area contributed by atoms with Gasteiger partial charge in [0.05, 0.1) is 18.8 Å². The molecule has 0 spiro atoms. The van der Waals surface area contributed by atoms with Crippen LogP contribution < -0.4 is 5.32 Å². The molecule has 0 aromatic carbocycles. The number of rotatable bonds is 43. The first kappa shape index (κ1) is 52.3. The standard InChI is InChI=1S/C50H93NO3/c1-3-5-7-9-11-13-14-15-16-17-18-19-20-21-22-23-24-25-26-27-28-29-30-31-32-33-34-35-36-38-40-42-44-46-50(54)51-48(47-52)49(53)45-43-41-39-37-12-10-8-6-4-2/h4,6,12,21-22,37,43,45,48-49,52-53H,3,5,7-11,13-20,23-36,38-42,44,46-47H2,1-2H3,(H,51,54)/b6-4+,22-21-,37-12+,45-43+. The average Bonchev–Trinajstić information content (AvgIpc) is 3.18. The second kappa shape index (κ2) is 45.7. The van der Waals surface area contributed by atoms with Crippen molar-refractivity contribution in [3.05, 3.63) is 48.6 Å². The predicted molar refractivity (Wildman–Crippen MR) is 239 cm³/mol. The topological polar surface area (TPSA) is 69.6 Å². The summed E-state index contributed by atoms with van der Waals surface area (Å²) in [6.45, 7) is 4.07. The molecule has 0 heterocycles. The molecule has 0 aromatic rings. The molecule has 0 radical (unpaired) electrons. The summed E-state index contributed by atoms with van der Waals surface area (Å²) in [5.41, 5.74) is 0. The van der Waals surface area contributed by atoms with Crippen molar-refractivity contribution in [2.75, 3.05) is 6.61 Å². The molecule has 3 N–H and O–H groups in total. The minimum atomic E-state index is -0.867. The van der Waals surface area contributed by atoms with E-state index in [-0.39, 0.29) is 12.5 Å². The van der Waals surface area contributed by atoms with Crippen LogP contribution in [-0.4, -0.2) is 34.9 Å². The maximum Gasteiger partial charge on any atom is 0.220 e. The number of nitrogens with one attached hydrogen (secondary N) is 1. The van der Waals surface area contributed by atoms with E-state index in [2.05, 4.69) is 48.7 Å². The first-order valence-corrected chi connectivity index (χ1v) is 23.8. The van der Waals surface area contributed by atoms with Gasteiger partial charge in [-0.15, -0.1) is 0 Å². The maximum atomic E-state index is 12.3. The third-order valence-corrected chi connectivity index (χ3v) is 10.9. The zero-order chi connectivity index (χ0) is 39.3. The molecule has 316 valence electrons. The van der Waals surface area contributed by atoms with Crippen molar-refractivity contribution in [3.63, 3.8) is 0 Å². The molecule has 1 amide bonds. The Balaban J connectivity index is 3.40. The summed E-state index contributed by atoms with van der Waals surface area (Å²) in [6, 6.07) is -0.642. The molecule has 2 unspecified atom stereocenters. The van der Waals surface area contributed by atoms with Crippen molar-refractivity contribution in [2.24, 2.45) is 0 Å². The second-order valence-corrected chi connectivity index (χ2v) is 16.2. The summed E-state index contributed by atoms with van der Waals surface area (Å²) in [5.74, 6) is -0.0797. The van der Waals surface area contributed by atoms with Crippen LogP contribution in [0.15, 0.2) is 48.6 Å². The number of carbonyl (C=O) groups is 1. The number of unbranched alkanes of at least 4 members (excludes halogenated alkanes) is 31. The molecule has 0 fully saturated rings. The number of aliphatic hydroxyl groups is 2. The summed E-state index contributed by atoms with van der Waals surface area (Å²) in [6.07, 6.45) is 62.8. The molecule has 0 aliphatic heterocycles. The van der Waals surface area contributed by atoms with E-state index in [0.29, 0.717) is 6.42 Å². The van der Waals surface area contributed by atoms with Crippen LogP contribution in [0.25, 0.3) is 0 Å². The van der Waals surface area contributed by atoms with E-state index in [1.54, 1.807) is 6.08 Å². The SMILES string of the molecule is C/C=C/CC/C=C/CC/C=C/C(O)C(CO)NC(=O)CCCCCCCCCCCCCCCCCCC/C=C\CCCCCCCCCCCCCC. The van der Waals surface area contributed by atoms with E-state index in [4.69, 9.17) is 0 Å². The van der Waals surface area contributed by atoms with Crippen LogP contribution in [-0.2, 0) is 4.79 Å². The van der Waals surface area contributed by atoms with Gasteiger partial charge in [-0.3, -0.25) is 4.79 Å². The normalized spacial score (nSPS) is 13.3. The Morgan fingerprint density at radius 2 is 0.796 bits per heavy atom. The van der Waals surface area contributed by atoms with Gasteiger partial charge in [0.2, 0.25) is 5.91 Å². The lowest BCUT2D eigenvalue weighted by atomic mass is 10.0. The molecular formula is C50H93NO3. The maximum absolute atomic E-state index is 12.3. The Morgan fingerprint density at radius 3 is 1.19 bits per heavy atom. The van der Waals surface area contributed by atoms with Gasteiger partial charge in [0, 0.05) is 6.42 Å². The molecule has 0 saturated heterocycles. The van der Waals surface area contributed by atoms with Gasteiger partial charge in [-0.1, -0.05) is 222 Å². The fraction of sp³-hybridized carbons (Fsp3) is 0.820. The summed E-state index contributed by atoms with van der Waals surface area (Å²) >= 11 is 0. The first-order valence-electron chi connectivity index (χ1n) is 23.8. The fourth-order valence-electron chi connectivity index (χ4n) is 7.21. The Kier molecular flexibility index (Phi) is 44.3. The zero-order valence-electron chi connectivity index (χ0n) is 36.2. The molecule has 2 atom stereocenters. The first-order chi connectivity index (χ1) is 26.7. The largest absolute Gasteiger partial charge is 0.394 e. The third-order valence-electron chi connectivity index (χ3n) is 10.9. The molecule has 54 heavy (non-hydrogen) atoms. The lowest BCUT2D eigenvalue weighted by Gasteiger charge is -2.19. The van der Waals surface area contributed by atoms with Crippen LogP contribution in [0.1, 0.15) is 245 Å². The van der Waals surface area contributed by atoms with Gasteiger partial charge in [0.15, 0.2) is 0 Å². The number of carbonyl (C=O) groups excluding carboxylic acids is 1. The minimum absolute atomic E-state index is 0.0797. The Morgan fingerprint density at radius 1 is 0.463 bits per heavy atom. The van der Waals surface area contributed by atoms with Gasteiger partial charge in [-0.05, 0) is 64.7 Å².